The van der Waals surface area contributed by atoms with Gasteiger partial charge in [0.05, 0.1) is 7.11 Å². The van der Waals surface area contributed by atoms with Crippen LogP contribution in [0.25, 0.3) is 0 Å². The van der Waals surface area contributed by atoms with Crippen molar-refractivity contribution in [2.24, 2.45) is 5.10 Å². The summed E-state index contributed by atoms with van der Waals surface area (Å²) in [6.07, 6.45) is 13.5. The van der Waals surface area contributed by atoms with Crippen molar-refractivity contribution in [3.63, 3.8) is 0 Å². The van der Waals surface area contributed by atoms with E-state index >= 15 is 0 Å². The standard InChI is InChI=1S/C22H32N4O/c1-17(10-6-5-7-13-23-2)24-25(3)20-16-18-11-8-14-26-15-9-12-19(21(18)26)22(20)27-4/h5-7,13,16,23H,8-12,14-15H2,1-4H3/b6-5-,13-7-,24-17+. The summed E-state index contributed by atoms with van der Waals surface area (Å²) in [7, 11) is 5.70. The van der Waals surface area contributed by atoms with Crippen molar-refractivity contribution in [3.8, 4) is 5.75 Å². The molecule has 0 saturated heterocycles. The van der Waals surface area contributed by atoms with Crippen molar-refractivity contribution in [2.45, 2.75) is 39.0 Å². The number of nitrogens with zero attached hydrogens (tertiary/aromatic N) is 3. The van der Waals surface area contributed by atoms with Gasteiger partial charge in [-0.25, -0.2) is 0 Å². The molecule has 2 heterocycles. The number of nitrogens with one attached hydrogen (secondary N) is 1. The van der Waals surface area contributed by atoms with Crippen LogP contribution in [0.3, 0.4) is 0 Å². The molecule has 2 aliphatic rings. The summed E-state index contributed by atoms with van der Waals surface area (Å²) >= 11 is 0. The van der Waals surface area contributed by atoms with Crippen molar-refractivity contribution < 1.29 is 4.74 Å². The van der Waals surface area contributed by atoms with Crippen molar-refractivity contribution >= 4 is 17.1 Å². The van der Waals surface area contributed by atoms with Gasteiger partial charge in [0.2, 0.25) is 0 Å². The third kappa shape index (κ3) is 4.29. The molecule has 0 radical (unpaired) electrons. The number of hydrazone groups is 1. The Morgan fingerprint density at radius 3 is 2.81 bits per heavy atom. The summed E-state index contributed by atoms with van der Waals surface area (Å²) in [5.74, 6) is 0.992. The Bertz CT molecular complexity index is 749. The van der Waals surface area contributed by atoms with Gasteiger partial charge < -0.3 is 15.0 Å². The first-order valence-corrected chi connectivity index (χ1v) is 9.90. The van der Waals surface area contributed by atoms with E-state index in [9.17, 15) is 0 Å². The highest BCUT2D eigenvalue weighted by molar-refractivity contribution is 5.85. The lowest BCUT2D eigenvalue weighted by atomic mass is 9.90. The maximum absolute atomic E-state index is 5.88. The summed E-state index contributed by atoms with van der Waals surface area (Å²) in [4.78, 5) is 2.54. The minimum Gasteiger partial charge on any atom is -0.494 e. The van der Waals surface area contributed by atoms with Gasteiger partial charge in [-0.15, -0.1) is 0 Å². The van der Waals surface area contributed by atoms with Crippen LogP contribution in [0.15, 0.2) is 35.6 Å². The fourth-order valence-corrected chi connectivity index (χ4v) is 4.10. The SMILES string of the molecule is CN/C=C\C=C/C/C(C)=N/N(C)c1cc2c3c(c1OC)CCCN3CCC2. The van der Waals surface area contributed by atoms with Crippen LogP contribution >= 0.6 is 0 Å². The number of aryl methyl sites for hydroxylation is 1. The average Bonchev–Trinajstić information content (AvgIpc) is 2.68. The highest BCUT2D eigenvalue weighted by atomic mass is 16.5. The van der Waals surface area contributed by atoms with E-state index in [1.165, 1.54) is 42.7 Å². The van der Waals surface area contributed by atoms with E-state index in [2.05, 4.69) is 29.3 Å². The van der Waals surface area contributed by atoms with E-state index in [0.717, 1.165) is 36.4 Å². The number of hydrogen-bond acceptors (Lipinski definition) is 5. The van der Waals surface area contributed by atoms with Crippen LogP contribution in [-0.4, -0.2) is 40.0 Å². The van der Waals surface area contributed by atoms with Gasteiger partial charge in [0.25, 0.3) is 0 Å². The van der Waals surface area contributed by atoms with Crippen molar-refractivity contribution in [1.82, 2.24) is 5.32 Å². The van der Waals surface area contributed by atoms with Gasteiger partial charge in [0.1, 0.15) is 11.4 Å². The summed E-state index contributed by atoms with van der Waals surface area (Å²) in [6, 6.07) is 2.29. The first kappa shape index (κ1) is 19.3. The van der Waals surface area contributed by atoms with Gasteiger partial charge in [-0.3, -0.25) is 5.01 Å². The summed E-state index contributed by atoms with van der Waals surface area (Å²) < 4.78 is 5.88. The van der Waals surface area contributed by atoms with Gasteiger partial charge in [-0.2, -0.15) is 5.10 Å². The molecule has 0 aliphatic carbocycles. The molecule has 1 aromatic carbocycles. The van der Waals surface area contributed by atoms with E-state index in [-0.39, 0.29) is 0 Å². The molecule has 0 unspecified atom stereocenters. The van der Waals surface area contributed by atoms with Gasteiger partial charge in [0.15, 0.2) is 0 Å². The minimum atomic E-state index is 0.826. The number of anilines is 2. The highest BCUT2D eigenvalue weighted by Gasteiger charge is 2.29. The van der Waals surface area contributed by atoms with Gasteiger partial charge in [-0.1, -0.05) is 12.2 Å². The molecule has 5 heteroatoms. The third-order valence-electron chi connectivity index (χ3n) is 5.25. The third-order valence-corrected chi connectivity index (χ3v) is 5.25. The Hall–Kier alpha value is -2.43. The lowest BCUT2D eigenvalue weighted by Gasteiger charge is -2.38. The molecule has 0 bridgehead atoms. The first-order valence-electron chi connectivity index (χ1n) is 9.90. The second-order valence-electron chi connectivity index (χ2n) is 7.25. The smallest absolute Gasteiger partial charge is 0.149 e. The molecule has 2 aliphatic heterocycles. The largest absolute Gasteiger partial charge is 0.494 e. The second-order valence-corrected chi connectivity index (χ2v) is 7.25. The average molecular weight is 369 g/mol. The fourth-order valence-electron chi connectivity index (χ4n) is 4.10. The highest BCUT2D eigenvalue weighted by Crippen LogP contribution is 2.45. The maximum atomic E-state index is 5.88. The van der Waals surface area contributed by atoms with Gasteiger partial charge >= 0.3 is 0 Å². The predicted molar refractivity (Wildman–Crippen MR) is 115 cm³/mol. The first-order chi connectivity index (χ1) is 13.2. The Morgan fingerprint density at radius 2 is 2.07 bits per heavy atom. The number of rotatable bonds is 7. The Morgan fingerprint density at radius 1 is 1.30 bits per heavy atom. The van der Waals surface area contributed by atoms with Crippen LogP contribution in [0.5, 0.6) is 5.75 Å². The topological polar surface area (TPSA) is 40.1 Å². The number of methoxy groups -OCH3 is 1. The molecule has 27 heavy (non-hydrogen) atoms. The quantitative estimate of drug-likeness (QED) is 0.450. The Kier molecular flexibility index (Phi) is 6.43. The predicted octanol–water partition coefficient (Wildman–Crippen LogP) is 3.89. The van der Waals surface area contributed by atoms with Crippen LogP contribution in [-0.2, 0) is 12.8 Å². The molecule has 0 fully saturated rings. The molecule has 0 amide bonds. The second kappa shape index (κ2) is 8.98. The van der Waals surface area contributed by atoms with E-state index in [0.29, 0.717) is 0 Å². The molecule has 5 nitrogen and oxygen atoms in total. The van der Waals surface area contributed by atoms with Gasteiger partial charge in [-0.05, 0) is 56.5 Å². The lowest BCUT2D eigenvalue weighted by Crippen LogP contribution is -2.35. The zero-order valence-electron chi connectivity index (χ0n) is 17.1. The van der Waals surface area contributed by atoms with E-state index in [4.69, 9.17) is 9.84 Å². The van der Waals surface area contributed by atoms with Gasteiger partial charge in [0, 0.05) is 50.6 Å². The van der Waals surface area contributed by atoms with E-state index < -0.39 is 0 Å². The van der Waals surface area contributed by atoms with Crippen molar-refractivity contribution in [2.75, 3.05) is 44.2 Å². The molecule has 0 saturated carbocycles. The molecular weight excluding hydrogens is 336 g/mol. The molecule has 0 spiro atoms. The van der Waals surface area contributed by atoms with Crippen LogP contribution in [0.1, 0.15) is 37.3 Å². The molecule has 1 aromatic rings. The number of ether oxygens (including phenoxy) is 1. The zero-order valence-corrected chi connectivity index (χ0v) is 17.1. The minimum absolute atomic E-state index is 0.826. The monoisotopic (exact) mass is 368 g/mol. The summed E-state index contributed by atoms with van der Waals surface area (Å²) in [6.45, 7) is 4.41. The summed E-state index contributed by atoms with van der Waals surface area (Å²) in [5.41, 5.74) is 6.40. The van der Waals surface area contributed by atoms with Crippen LogP contribution in [0, 0.1) is 0 Å². The molecule has 3 rings (SSSR count). The maximum Gasteiger partial charge on any atom is 0.149 e. The van der Waals surface area contributed by atoms with Crippen LogP contribution < -0.4 is 20.0 Å². The lowest BCUT2D eigenvalue weighted by molar-refractivity contribution is 0.407. The van der Waals surface area contributed by atoms with Crippen molar-refractivity contribution in [1.29, 1.82) is 0 Å². The van der Waals surface area contributed by atoms with E-state index in [1.54, 1.807) is 7.11 Å². The Balaban J connectivity index is 1.86. The molecule has 0 aromatic heterocycles. The summed E-state index contributed by atoms with van der Waals surface area (Å²) in [5, 5.41) is 9.76. The normalized spacial score (nSPS) is 16.7. The van der Waals surface area contributed by atoms with Crippen LogP contribution in [0.4, 0.5) is 11.4 Å². The van der Waals surface area contributed by atoms with Crippen LogP contribution in [0.2, 0.25) is 0 Å². The molecular formula is C22H32N4O. The van der Waals surface area contributed by atoms with Crippen molar-refractivity contribution in [3.05, 3.63) is 41.6 Å². The number of allylic oxidation sites excluding steroid dienone is 3. The Labute approximate surface area is 163 Å². The molecule has 146 valence electrons. The number of benzene rings is 1. The van der Waals surface area contributed by atoms with E-state index in [1.807, 2.05) is 37.5 Å². The number of hydrogen-bond donors (Lipinski definition) is 1. The fraction of sp³-hybridized carbons (Fsp3) is 0.500. The molecule has 0 atom stereocenters. The zero-order chi connectivity index (χ0) is 19.2. The molecule has 1 N–H and O–H groups in total.